The second-order valence-corrected chi connectivity index (χ2v) is 4.55. The number of nitrogen functional groups attached to an aromatic ring is 1. The molecular weight excluding hydrogens is 238 g/mol. The average Bonchev–Trinajstić information content (AvgIpc) is 2.39. The zero-order valence-corrected chi connectivity index (χ0v) is 11.1. The number of nitrogens with zero attached hydrogens (tertiary/aromatic N) is 1. The molecular formula is C15H17N3O. The van der Waals surface area contributed by atoms with Gasteiger partial charge in [-0.25, -0.2) is 4.98 Å². The maximum atomic E-state index is 12.0. The summed E-state index contributed by atoms with van der Waals surface area (Å²) in [5, 5.41) is 2.90. The van der Waals surface area contributed by atoms with E-state index in [1.165, 1.54) is 5.56 Å². The Bertz CT molecular complexity index is 578. The number of hydrogen-bond donors (Lipinski definition) is 2. The van der Waals surface area contributed by atoms with E-state index in [0.717, 1.165) is 5.56 Å². The lowest BCUT2D eigenvalue weighted by Crippen LogP contribution is -2.27. The molecule has 2 rings (SSSR count). The number of nitrogens with two attached hydrogens (primary N) is 1. The summed E-state index contributed by atoms with van der Waals surface area (Å²) in [4.78, 5) is 16.0. The Morgan fingerprint density at radius 1 is 1.21 bits per heavy atom. The highest BCUT2D eigenvalue weighted by atomic mass is 16.1. The first kappa shape index (κ1) is 13.1. The number of aromatic nitrogens is 1. The van der Waals surface area contributed by atoms with E-state index >= 15 is 0 Å². The maximum Gasteiger partial charge on any atom is 0.270 e. The number of rotatable bonds is 3. The Hall–Kier alpha value is -2.36. The van der Waals surface area contributed by atoms with Crippen LogP contribution in [0.5, 0.6) is 0 Å². The van der Waals surface area contributed by atoms with Gasteiger partial charge >= 0.3 is 0 Å². The van der Waals surface area contributed by atoms with Gasteiger partial charge in [0.05, 0.1) is 6.04 Å². The average molecular weight is 255 g/mol. The zero-order valence-electron chi connectivity index (χ0n) is 11.1. The van der Waals surface area contributed by atoms with Crippen molar-refractivity contribution in [3.05, 3.63) is 59.3 Å². The van der Waals surface area contributed by atoms with Crippen LogP contribution in [-0.4, -0.2) is 10.9 Å². The minimum atomic E-state index is -0.222. The molecule has 0 radical (unpaired) electrons. The van der Waals surface area contributed by atoms with Gasteiger partial charge in [0.1, 0.15) is 11.5 Å². The maximum absolute atomic E-state index is 12.0. The molecule has 4 nitrogen and oxygen atoms in total. The molecule has 0 aliphatic rings. The highest BCUT2D eigenvalue weighted by Crippen LogP contribution is 2.13. The highest BCUT2D eigenvalue weighted by Gasteiger charge is 2.12. The lowest BCUT2D eigenvalue weighted by Gasteiger charge is -2.14. The van der Waals surface area contributed by atoms with Crippen LogP contribution in [0.15, 0.2) is 42.5 Å². The molecule has 1 heterocycles. The van der Waals surface area contributed by atoms with Gasteiger partial charge in [0, 0.05) is 0 Å². The number of pyridine rings is 1. The summed E-state index contributed by atoms with van der Waals surface area (Å²) < 4.78 is 0. The summed E-state index contributed by atoms with van der Waals surface area (Å²) >= 11 is 0. The van der Waals surface area contributed by atoms with E-state index in [-0.39, 0.29) is 11.9 Å². The summed E-state index contributed by atoms with van der Waals surface area (Å²) in [6.45, 7) is 3.97. The molecule has 0 saturated carbocycles. The summed E-state index contributed by atoms with van der Waals surface area (Å²) in [5.74, 6) is 0.121. The van der Waals surface area contributed by atoms with Crippen LogP contribution in [0.25, 0.3) is 0 Å². The number of nitrogens with one attached hydrogen (secondary N) is 1. The van der Waals surface area contributed by atoms with E-state index in [1.54, 1.807) is 18.2 Å². The molecule has 3 N–H and O–H groups in total. The van der Waals surface area contributed by atoms with Crippen LogP contribution in [0.2, 0.25) is 0 Å². The van der Waals surface area contributed by atoms with Crippen molar-refractivity contribution in [3.63, 3.8) is 0 Å². The predicted octanol–water partition coefficient (Wildman–Crippen LogP) is 2.46. The smallest absolute Gasteiger partial charge is 0.270 e. The van der Waals surface area contributed by atoms with Crippen LogP contribution in [0, 0.1) is 6.92 Å². The van der Waals surface area contributed by atoms with Crippen molar-refractivity contribution in [2.75, 3.05) is 5.73 Å². The van der Waals surface area contributed by atoms with Gasteiger partial charge in [-0.05, 0) is 31.5 Å². The molecule has 1 aromatic heterocycles. The van der Waals surface area contributed by atoms with Gasteiger partial charge in [-0.1, -0.05) is 35.9 Å². The van der Waals surface area contributed by atoms with Crippen molar-refractivity contribution in [1.82, 2.24) is 10.3 Å². The van der Waals surface area contributed by atoms with E-state index in [4.69, 9.17) is 5.73 Å². The van der Waals surface area contributed by atoms with Crippen LogP contribution < -0.4 is 11.1 Å². The molecule has 0 aliphatic heterocycles. The fourth-order valence-electron chi connectivity index (χ4n) is 1.79. The Labute approximate surface area is 112 Å². The number of carbonyl (C=O) groups excluding carboxylic acids is 1. The monoisotopic (exact) mass is 255 g/mol. The van der Waals surface area contributed by atoms with Crippen molar-refractivity contribution >= 4 is 11.7 Å². The lowest BCUT2D eigenvalue weighted by molar-refractivity contribution is 0.0935. The summed E-state index contributed by atoms with van der Waals surface area (Å²) in [7, 11) is 0. The van der Waals surface area contributed by atoms with E-state index in [9.17, 15) is 4.79 Å². The van der Waals surface area contributed by atoms with Gasteiger partial charge in [-0.15, -0.1) is 0 Å². The number of carbonyl (C=O) groups is 1. The first-order chi connectivity index (χ1) is 9.06. The molecule has 0 bridgehead atoms. The standard InChI is InChI=1S/C15H17N3O/c1-10-6-8-12(9-7-10)11(2)17-15(19)13-4-3-5-14(16)18-13/h3-9,11H,1-2H3,(H2,16,18)(H,17,19). The highest BCUT2D eigenvalue weighted by molar-refractivity contribution is 5.92. The van der Waals surface area contributed by atoms with Crippen LogP contribution in [0.1, 0.15) is 34.6 Å². The van der Waals surface area contributed by atoms with Gasteiger partial charge in [0.25, 0.3) is 5.91 Å². The summed E-state index contributed by atoms with van der Waals surface area (Å²) in [6.07, 6.45) is 0. The van der Waals surface area contributed by atoms with E-state index in [2.05, 4.69) is 10.3 Å². The normalized spacial score (nSPS) is 11.9. The molecule has 1 unspecified atom stereocenters. The third kappa shape index (κ3) is 3.31. The van der Waals surface area contributed by atoms with Crippen molar-refractivity contribution in [1.29, 1.82) is 0 Å². The fraction of sp³-hybridized carbons (Fsp3) is 0.200. The Kier molecular flexibility index (Phi) is 3.80. The number of hydrogen-bond acceptors (Lipinski definition) is 3. The first-order valence-electron chi connectivity index (χ1n) is 6.16. The Morgan fingerprint density at radius 2 is 1.89 bits per heavy atom. The molecule has 0 aliphatic carbocycles. The second kappa shape index (κ2) is 5.52. The van der Waals surface area contributed by atoms with Crippen molar-refractivity contribution in [2.45, 2.75) is 19.9 Å². The van der Waals surface area contributed by atoms with Crippen LogP contribution in [0.4, 0.5) is 5.82 Å². The van der Waals surface area contributed by atoms with Crippen LogP contribution >= 0.6 is 0 Å². The van der Waals surface area contributed by atoms with E-state index in [0.29, 0.717) is 11.5 Å². The SMILES string of the molecule is Cc1ccc(C(C)NC(=O)c2cccc(N)n2)cc1. The van der Waals surface area contributed by atoms with Gasteiger partial charge in [0.15, 0.2) is 0 Å². The quantitative estimate of drug-likeness (QED) is 0.885. The van der Waals surface area contributed by atoms with Crippen LogP contribution in [-0.2, 0) is 0 Å². The molecule has 1 amide bonds. The third-order valence-electron chi connectivity index (χ3n) is 2.93. The third-order valence-corrected chi connectivity index (χ3v) is 2.93. The fourth-order valence-corrected chi connectivity index (χ4v) is 1.79. The second-order valence-electron chi connectivity index (χ2n) is 4.55. The topological polar surface area (TPSA) is 68.0 Å². The molecule has 0 fully saturated rings. The van der Waals surface area contributed by atoms with Gasteiger partial charge < -0.3 is 11.1 Å². The molecule has 4 heteroatoms. The van der Waals surface area contributed by atoms with Crippen LogP contribution in [0.3, 0.4) is 0 Å². The lowest BCUT2D eigenvalue weighted by atomic mass is 10.1. The Balaban J connectivity index is 2.08. The molecule has 1 aromatic carbocycles. The van der Waals surface area contributed by atoms with Crippen molar-refractivity contribution in [3.8, 4) is 0 Å². The predicted molar refractivity (Wildman–Crippen MR) is 75.7 cm³/mol. The Morgan fingerprint density at radius 3 is 2.53 bits per heavy atom. The van der Waals surface area contributed by atoms with Crippen molar-refractivity contribution in [2.24, 2.45) is 0 Å². The minimum absolute atomic E-state index is 0.0728. The van der Waals surface area contributed by atoms with E-state index in [1.807, 2.05) is 38.1 Å². The number of amides is 1. The molecule has 0 saturated heterocycles. The molecule has 19 heavy (non-hydrogen) atoms. The summed E-state index contributed by atoms with van der Waals surface area (Å²) in [6, 6.07) is 13.0. The molecule has 2 aromatic rings. The van der Waals surface area contributed by atoms with Gasteiger partial charge in [0.2, 0.25) is 0 Å². The minimum Gasteiger partial charge on any atom is -0.384 e. The van der Waals surface area contributed by atoms with Gasteiger partial charge in [-0.2, -0.15) is 0 Å². The summed E-state index contributed by atoms with van der Waals surface area (Å²) in [5.41, 5.74) is 8.15. The molecule has 1 atom stereocenters. The largest absolute Gasteiger partial charge is 0.384 e. The molecule has 0 spiro atoms. The van der Waals surface area contributed by atoms with Crippen molar-refractivity contribution < 1.29 is 4.79 Å². The number of aryl methyl sites for hydroxylation is 1. The number of anilines is 1. The first-order valence-corrected chi connectivity index (χ1v) is 6.16. The molecule has 98 valence electrons. The van der Waals surface area contributed by atoms with Gasteiger partial charge in [-0.3, -0.25) is 4.79 Å². The zero-order chi connectivity index (χ0) is 13.8. The number of benzene rings is 1. The van der Waals surface area contributed by atoms with E-state index < -0.39 is 0 Å².